The lowest BCUT2D eigenvalue weighted by molar-refractivity contribution is -0.0116. The molecule has 212 valence electrons. The number of hydroxylamine groups is 2. The van der Waals surface area contributed by atoms with Crippen LogP contribution in [0.1, 0.15) is 12.8 Å². The third-order valence-corrected chi connectivity index (χ3v) is 6.68. The van der Waals surface area contributed by atoms with Crippen LogP contribution >= 0.6 is 23.2 Å². The predicted octanol–water partition coefficient (Wildman–Crippen LogP) is 5.72. The van der Waals surface area contributed by atoms with Crippen LogP contribution in [0.4, 0.5) is 11.4 Å². The summed E-state index contributed by atoms with van der Waals surface area (Å²) in [5, 5.41) is 42.4. The standard InChI is InChI=1S/C28H26Cl2N6O5/c29-27(15-11-19(12-16-27)23(33-37)25(35-39)31-21-7-3-1-4-8-21)41-28(30)17-13-20(14-18-28)24(34-38)26(36-40)32-22-9-5-2-6-10-22/h1-15,17,37-40H,16,18H2,(H,31,35)(H,32,36). The molecule has 2 aromatic carbocycles. The van der Waals surface area contributed by atoms with Gasteiger partial charge in [0.25, 0.3) is 0 Å². The zero-order valence-electron chi connectivity index (χ0n) is 21.4. The minimum atomic E-state index is -1.36. The van der Waals surface area contributed by atoms with E-state index >= 15 is 0 Å². The van der Waals surface area contributed by atoms with Crippen molar-refractivity contribution in [2.45, 2.75) is 23.0 Å². The Bertz CT molecular complexity index is 1380. The van der Waals surface area contributed by atoms with E-state index in [1.165, 1.54) is 0 Å². The number of hydrogen-bond acceptors (Lipinski definition) is 9. The topological polar surface area (TPSA) is 164 Å². The van der Waals surface area contributed by atoms with E-state index in [-0.39, 0.29) is 35.9 Å². The summed E-state index contributed by atoms with van der Waals surface area (Å²) < 4.78 is 6.07. The molecule has 0 bridgehead atoms. The number of para-hydroxylation sites is 2. The first-order valence-corrected chi connectivity index (χ1v) is 13.0. The second-order valence-electron chi connectivity index (χ2n) is 8.78. The molecule has 2 aromatic rings. The lowest BCUT2D eigenvalue weighted by Gasteiger charge is -2.35. The van der Waals surface area contributed by atoms with Crippen LogP contribution in [0.25, 0.3) is 0 Å². The van der Waals surface area contributed by atoms with Crippen molar-refractivity contribution in [3.8, 4) is 0 Å². The normalized spacial score (nSPS) is 23.6. The van der Waals surface area contributed by atoms with Crippen molar-refractivity contribution in [2.24, 2.45) is 20.3 Å². The van der Waals surface area contributed by atoms with Crippen molar-refractivity contribution in [3.05, 3.63) is 108 Å². The quantitative estimate of drug-likeness (QED) is 0.0745. The smallest absolute Gasteiger partial charge is 0.180 e. The minimum absolute atomic E-state index is 0.0154. The molecule has 4 rings (SSSR count). The van der Waals surface area contributed by atoms with E-state index in [0.717, 1.165) is 0 Å². The number of oxime groups is 2. The van der Waals surface area contributed by atoms with Gasteiger partial charge in [-0.3, -0.25) is 21.4 Å². The van der Waals surface area contributed by atoms with Crippen LogP contribution in [-0.2, 0) is 4.74 Å². The number of allylic oxidation sites excluding steroid dienone is 2. The Labute approximate surface area is 245 Å². The van der Waals surface area contributed by atoms with Crippen LogP contribution in [0.15, 0.2) is 129 Å². The minimum Gasteiger partial charge on any atom is -0.410 e. The Morgan fingerprint density at radius 1 is 0.683 bits per heavy atom. The van der Waals surface area contributed by atoms with Gasteiger partial charge >= 0.3 is 0 Å². The molecule has 2 unspecified atom stereocenters. The molecule has 41 heavy (non-hydrogen) atoms. The number of rotatable bonds is 8. The number of nitrogens with one attached hydrogen (secondary N) is 2. The Kier molecular flexibility index (Phi) is 9.71. The average molecular weight is 597 g/mol. The van der Waals surface area contributed by atoms with Crippen molar-refractivity contribution < 1.29 is 25.6 Å². The molecule has 11 nitrogen and oxygen atoms in total. The van der Waals surface area contributed by atoms with E-state index in [9.17, 15) is 20.8 Å². The average Bonchev–Trinajstić information content (AvgIpc) is 2.99. The van der Waals surface area contributed by atoms with E-state index in [4.69, 9.17) is 27.9 Å². The second kappa shape index (κ2) is 13.4. The molecule has 0 fully saturated rings. The fraction of sp³-hybridized carbons (Fsp3) is 0.143. The van der Waals surface area contributed by atoms with Crippen LogP contribution in [-0.4, -0.2) is 54.0 Å². The van der Waals surface area contributed by atoms with Gasteiger partial charge in [0.05, 0.1) is 11.4 Å². The van der Waals surface area contributed by atoms with Crippen molar-refractivity contribution in [1.29, 1.82) is 0 Å². The molecule has 0 spiro atoms. The predicted molar refractivity (Wildman–Crippen MR) is 157 cm³/mol. The van der Waals surface area contributed by atoms with Gasteiger partial charge in [0.2, 0.25) is 0 Å². The summed E-state index contributed by atoms with van der Waals surface area (Å²) >= 11 is 13.5. The van der Waals surface area contributed by atoms with Gasteiger partial charge in [-0.25, -0.2) is 9.98 Å². The van der Waals surface area contributed by atoms with Gasteiger partial charge in [0, 0.05) is 24.0 Å². The molecule has 0 aromatic heterocycles. The van der Waals surface area contributed by atoms with E-state index in [1.54, 1.807) is 85.0 Å². The van der Waals surface area contributed by atoms with Crippen LogP contribution < -0.4 is 11.0 Å². The van der Waals surface area contributed by atoms with Gasteiger partial charge in [-0.1, -0.05) is 94.2 Å². The molecule has 0 heterocycles. The zero-order chi connectivity index (χ0) is 29.3. The Balaban J connectivity index is 1.45. The molecule has 0 amide bonds. The second-order valence-corrected chi connectivity index (χ2v) is 10.1. The summed E-state index contributed by atoms with van der Waals surface area (Å²) in [7, 11) is 0. The summed E-state index contributed by atoms with van der Waals surface area (Å²) in [5.41, 5.74) is 5.82. The molecule has 0 aliphatic heterocycles. The number of benzene rings is 2. The maximum atomic E-state index is 9.64. The molecule has 2 aliphatic carbocycles. The van der Waals surface area contributed by atoms with Crippen LogP contribution in [0.5, 0.6) is 0 Å². The molecule has 2 aliphatic rings. The van der Waals surface area contributed by atoms with Crippen LogP contribution in [0, 0.1) is 0 Å². The number of ether oxygens (including phenoxy) is 1. The van der Waals surface area contributed by atoms with Gasteiger partial charge in [0.15, 0.2) is 33.2 Å². The summed E-state index contributed by atoms with van der Waals surface area (Å²) in [6.45, 7) is 0. The number of nitrogens with zero attached hydrogens (tertiary/aromatic N) is 4. The SMILES string of the molecule is ON=C(C1=CCC(Cl)(OC2(Cl)C=CC(C(=NO)C(=Nc3ccccc3)NO)=CC2)C=C1)C(=Nc1ccccc1)NO. The lowest BCUT2D eigenvalue weighted by Crippen LogP contribution is -2.38. The molecule has 0 radical (unpaired) electrons. The zero-order valence-corrected chi connectivity index (χ0v) is 22.9. The van der Waals surface area contributed by atoms with Crippen LogP contribution in [0.3, 0.4) is 0 Å². The first kappa shape index (κ1) is 29.7. The molecular weight excluding hydrogens is 571 g/mol. The van der Waals surface area contributed by atoms with Gasteiger partial charge < -0.3 is 15.2 Å². The maximum Gasteiger partial charge on any atom is 0.180 e. The molecule has 0 saturated heterocycles. The van der Waals surface area contributed by atoms with E-state index in [0.29, 0.717) is 22.5 Å². The highest BCUT2D eigenvalue weighted by Crippen LogP contribution is 2.40. The van der Waals surface area contributed by atoms with Gasteiger partial charge in [-0.2, -0.15) is 0 Å². The number of halogens is 2. The van der Waals surface area contributed by atoms with Crippen molar-refractivity contribution in [2.75, 3.05) is 0 Å². The largest absolute Gasteiger partial charge is 0.410 e. The summed E-state index contributed by atoms with van der Waals surface area (Å²) in [5.74, 6) is -0.152. The molecular formula is C28H26Cl2N6O5. The lowest BCUT2D eigenvalue weighted by atomic mass is 9.98. The summed E-state index contributed by atoms with van der Waals surface area (Å²) in [6.07, 6.45) is 9.80. The monoisotopic (exact) mass is 596 g/mol. The Hall–Kier alpha value is -4.26. The fourth-order valence-corrected chi connectivity index (χ4v) is 4.59. The van der Waals surface area contributed by atoms with Crippen LogP contribution in [0.2, 0.25) is 0 Å². The summed E-state index contributed by atoms with van der Waals surface area (Å²) in [6, 6.07) is 17.6. The van der Waals surface area contributed by atoms with Gasteiger partial charge in [0.1, 0.15) is 0 Å². The van der Waals surface area contributed by atoms with E-state index in [1.807, 2.05) is 23.1 Å². The Morgan fingerprint density at radius 2 is 1.07 bits per heavy atom. The van der Waals surface area contributed by atoms with Crippen molar-refractivity contribution >= 4 is 57.7 Å². The van der Waals surface area contributed by atoms with Crippen molar-refractivity contribution in [1.82, 2.24) is 11.0 Å². The number of hydrogen-bond donors (Lipinski definition) is 6. The molecule has 13 heteroatoms. The summed E-state index contributed by atoms with van der Waals surface area (Å²) in [4.78, 5) is 8.54. The molecule has 6 N–H and O–H groups in total. The van der Waals surface area contributed by atoms with Gasteiger partial charge in [-0.05, 0) is 36.4 Å². The third kappa shape index (κ3) is 7.48. The molecule has 2 atom stereocenters. The third-order valence-electron chi connectivity index (χ3n) is 5.96. The number of amidine groups is 2. The highest BCUT2D eigenvalue weighted by molar-refractivity contribution is 6.49. The van der Waals surface area contributed by atoms with E-state index in [2.05, 4.69) is 20.3 Å². The Morgan fingerprint density at radius 3 is 1.37 bits per heavy atom. The van der Waals surface area contributed by atoms with Gasteiger partial charge in [-0.15, -0.1) is 0 Å². The number of aliphatic imine (C=N–C) groups is 2. The first-order chi connectivity index (χ1) is 19.8. The first-order valence-electron chi connectivity index (χ1n) is 12.2. The number of alkyl halides is 2. The van der Waals surface area contributed by atoms with Crippen molar-refractivity contribution in [3.63, 3.8) is 0 Å². The highest BCUT2D eigenvalue weighted by atomic mass is 35.5. The van der Waals surface area contributed by atoms with E-state index < -0.39 is 10.1 Å². The maximum absolute atomic E-state index is 9.64. The fourth-order valence-electron chi connectivity index (χ4n) is 3.99. The highest BCUT2D eigenvalue weighted by Gasteiger charge is 2.38. The molecule has 0 saturated carbocycles.